The lowest BCUT2D eigenvalue weighted by atomic mass is 9.94. The van der Waals surface area contributed by atoms with E-state index in [0.29, 0.717) is 33.1 Å². The number of amides is 1. The SMILES string of the molecule is COc1ccccc1C1C(C(=O)c2cc3cc(Cl)cc(OC)c3o2)=C(O)C(=O)N1Cc1ccncc1. The fourth-order valence-electron chi connectivity index (χ4n) is 4.43. The van der Waals surface area contributed by atoms with Crippen LogP contribution in [0.5, 0.6) is 11.5 Å². The Balaban J connectivity index is 1.64. The molecule has 0 aliphatic carbocycles. The van der Waals surface area contributed by atoms with Crippen LogP contribution in [-0.2, 0) is 11.3 Å². The predicted molar refractivity (Wildman–Crippen MR) is 132 cm³/mol. The van der Waals surface area contributed by atoms with Crippen LogP contribution in [0.3, 0.4) is 0 Å². The van der Waals surface area contributed by atoms with E-state index < -0.39 is 23.5 Å². The van der Waals surface area contributed by atoms with Crippen LogP contribution in [0.1, 0.15) is 27.7 Å². The van der Waals surface area contributed by atoms with E-state index in [2.05, 4.69) is 4.98 Å². The molecule has 36 heavy (non-hydrogen) atoms. The number of ketones is 1. The third-order valence-corrected chi connectivity index (χ3v) is 6.29. The van der Waals surface area contributed by atoms with Gasteiger partial charge in [-0.2, -0.15) is 0 Å². The van der Waals surface area contributed by atoms with Crippen LogP contribution in [0.2, 0.25) is 5.02 Å². The second-order valence-corrected chi connectivity index (χ2v) is 8.60. The average molecular weight is 505 g/mol. The molecule has 2 aromatic carbocycles. The number of hydrogen-bond donors (Lipinski definition) is 1. The van der Waals surface area contributed by atoms with Crippen LogP contribution in [0.25, 0.3) is 11.0 Å². The highest BCUT2D eigenvalue weighted by atomic mass is 35.5. The molecule has 1 amide bonds. The molecule has 0 saturated heterocycles. The van der Waals surface area contributed by atoms with E-state index in [-0.39, 0.29) is 17.9 Å². The number of halogens is 1. The van der Waals surface area contributed by atoms with E-state index in [1.165, 1.54) is 25.2 Å². The summed E-state index contributed by atoms with van der Waals surface area (Å²) < 4.78 is 16.7. The van der Waals surface area contributed by atoms with Crippen LogP contribution in [0.15, 0.2) is 82.7 Å². The number of aromatic nitrogens is 1. The number of ether oxygens (including phenoxy) is 2. The third-order valence-electron chi connectivity index (χ3n) is 6.07. The molecule has 4 aromatic rings. The number of methoxy groups -OCH3 is 2. The first-order chi connectivity index (χ1) is 17.4. The largest absolute Gasteiger partial charge is 0.503 e. The summed E-state index contributed by atoms with van der Waals surface area (Å²) in [6.45, 7) is 0.133. The summed E-state index contributed by atoms with van der Waals surface area (Å²) in [5, 5.41) is 11.9. The van der Waals surface area contributed by atoms with Crippen LogP contribution < -0.4 is 9.47 Å². The summed E-state index contributed by atoms with van der Waals surface area (Å²) in [6.07, 6.45) is 3.22. The fraction of sp³-hybridized carbons (Fsp3) is 0.148. The molecule has 1 atom stereocenters. The quantitative estimate of drug-likeness (QED) is 0.342. The standard InChI is InChI=1S/C27H21ClN2O6/c1-34-19-6-4-3-5-18(19)23-22(25(32)27(33)30(23)14-15-7-9-29-10-8-15)24(31)20-12-16-11-17(28)13-21(35-2)26(16)36-20/h3-13,23,32H,14H2,1-2H3. The molecule has 1 unspecified atom stereocenters. The Kier molecular flexibility index (Phi) is 6.12. The zero-order valence-corrected chi connectivity index (χ0v) is 20.2. The molecule has 5 rings (SSSR count). The Labute approximate surface area is 211 Å². The molecule has 0 radical (unpaired) electrons. The first-order valence-corrected chi connectivity index (χ1v) is 11.4. The predicted octanol–water partition coefficient (Wildman–Crippen LogP) is 5.28. The van der Waals surface area contributed by atoms with Gasteiger partial charge in [0.2, 0.25) is 5.78 Å². The Hall–Kier alpha value is -4.30. The molecular formula is C27H21ClN2O6. The van der Waals surface area contributed by atoms with Crippen molar-refractivity contribution < 1.29 is 28.6 Å². The number of rotatable bonds is 7. The molecule has 182 valence electrons. The van der Waals surface area contributed by atoms with E-state index in [1.54, 1.807) is 60.9 Å². The van der Waals surface area contributed by atoms with E-state index >= 15 is 0 Å². The monoisotopic (exact) mass is 504 g/mol. The highest BCUT2D eigenvalue weighted by molar-refractivity contribution is 6.31. The highest BCUT2D eigenvalue weighted by Gasteiger charge is 2.45. The van der Waals surface area contributed by atoms with Crippen molar-refractivity contribution in [1.82, 2.24) is 9.88 Å². The molecule has 0 saturated carbocycles. The molecule has 9 heteroatoms. The highest BCUT2D eigenvalue weighted by Crippen LogP contribution is 2.44. The summed E-state index contributed by atoms with van der Waals surface area (Å²) in [5.74, 6) is -1.20. The minimum absolute atomic E-state index is 0.0643. The van der Waals surface area contributed by atoms with Crippen molar-refractivity contribution in [3.8, 4) is 11.5 Å². The van der Waals surface area contributed by atoms with Crippen molar-refractivity contribution in [3.05, 3.63) is 100 Å². The van der Waals surface area contributed by atoms with Crippen LogP contribution in [-0.4, -0.2) is 40.9 Å². The zero-order valence-electron chi connectivity index (χ0n) is 19.4. The van der Waals surface area contributed by atoms with Gasteiger partial charge in [0.25, 0.3) is 5.91 Å². The van der Waals surface area contributed by atoms with Gasteiger partial charge in [-0.1, -0.05) is 29.8 Å². The van der Waals surface area contributed by atoms with E-state index in [0.717, 1.165) is 5.56 Å². The number of fused-ring (bicyclic) bond motifs is 1. The maximum atomic E-state index is 13.8. The Morgan fingerprint density at radius 2 is 1.81 bits per heavy atom. The van der Waals surface area contributed by atoms with Crippen molar-refractivity contribution in [2.45, 2.75) is 12.6 Å². The summed E-state index contributed by atoms with van der Waals surface area (Å²) >= 11 is 6.17. The molecular weight excluding hydrogens is 484 g/mol. The number of furan rings is 1. The Morgan fingerprint density at radius 3 is 2.53 bits per heavy atom. The minimum Gasteiger partial charge on any atom is -0.503 e. The van der Waals surface area contributed by atoms with Gasteiger partial charge in [-0.3, -0.25) is 14.6 Å². The Bertz CT molecular complexity index is 1510. The van der Waals surface area contributed by atoms with Gasteiger partial charge in [-0.25, -0.2) is 0 Å². The first-order valence-electron chi connectivity index (χ1n) is 11.0. The Morgan fingerprint density at radius 1 is 1.08 bits per heavy atom. The van der Waals surface area contributed by atoms with Gasteiger partial charge in [0.15, 0.2) is 22.9 Å². The topological polar surface area (TPSA) is 102 Å². The smallest absolute Gasteiger partial charge is 0.290 e. The summed E-state index contributed by atoms with van der Waals surface area (Å²) in [7, 11) is 2.97. The molecule has 1 aliphatic heterocycles. The van der Waals surface area contributed by atoms with Gasteiger partial charge in [-0.15, -0.1) is 0 Å². The average Bonchev–Trinajstić information content (AvgIpc) is 3.43. The number of carbonyl (C=O) groups is 2. The first kappa shape index (κ1) is 23.4. The van der Waals surface area contributed by atoms with Crippen molar-refractivity contribution >= 4 is 34.3 Å². The number of carbonyl (C=O) groups excluding carboxylic acids is 2. The van der Waals surface area contributed by atoms with Gasteiger partial charge >= 0.3 is 0 Å². The van der Waals surface area contributed by atoms with Gasteiger partial charge in [0, 0.05) is 41.0 Å². The maximum absolute atomic E-state index is 13.8. The summed E-state index contributed by atoms with van der Waals surface area (Å²) in [5.41, 5.74) is 1.55. The number of hydrogen-bond acceptors (Lipinski definition) is 7. The molecule has 3 heterocycles. The summed E-state index contributed by atoms with van der Waals surface area (Å²) in [6, 6.07) is 14.4. The maximum Gasteiger partial charge on any atom is 0.290 e. The molecule has 0 bridgehead atoms. The summed E-state index contributed by atoms with van der Waals surface area (Å²) in [4.78, 5) is 32.6. The second kappa shape index (κ2) is 9.39. The lowest BCUT2D eigenvalue weighted by molar-refractivity contribution is -0.130. The fourth-order valence-corrected chi connectivity index (χ4v) is 4.65. The van der Waals surface area contributed by atoms with Gasteiger partial charge in [0.1, 0.15) is 5.75 Å². The normalized spacial score (nSPS) is 15.6. The van der Waals surface area contributed by atoms with Gasteiger partial charge in [-0.05, 0) is 35.9 Å². The van der Waals surface area contributed by atoms with Gasteiger partial charge < -0.3 is 23.9 Å². The number of pyridine rings is 1. The number of nitrogens with zero attached hydrogens (tertiary/aromatic N) is 2. The van der Waals surface area contributed by atoms with Crippen molar-refractivity contribution in [2.75, 3.05) is 14.2 Å². The third kappa shape index (κ3) is 3.95. The number of benzene rings is 2. The van der Waals surface area contributed by atoms with Crippen molar-refractivity contribution in [3.63, 3.8) is 0 Å². The molecule has 1 N–H and O–H groups in total. The molecule has 1 aliphatic rings. The van der Waals surface area contributed by atoms with Crippen LogP contribution >= 0.6 is 11.6 Å². The number of Topliss-reactive ketones (excluding diaryl/α,β-unsaturated/α-hetero) is 1. The van der Waals surface area contributed by atoms with E-state index in [1.807, 2.05) is 0 Å². The minimum atomic E-state index is -0.923. The number of aliphatic hydroxyl groups excluding tert-OH is 1. The molecule has 0 fully saturated rings. The number of aliphatic hydroxyl groups is 1. The zero-order chi connectivity index (χ0) is 25.4. The van der Waals surface area contributed by atoms with Crippen LogP contribution in [0, 0.1) is 0 Å². The lowest BCUT2D eigenvalue weighted by Crippen LogP contribution is -2.31. The van der Waals surface area contributed by atoms with Crippen LogP contribution in [0.4, 0.5) is 0 Å². The van der Waals surface area contributed by atoms with Gasteiger partial charge in [0.05, 0.1) is 25.8 Å². The van der Waals surface area contributed by atoms with Crippen molar-refractivity contribution in [2.24, 2.45) is 0 Å². The second-order valence-electron chi connectivity index (χ2n) is 8.16. The van der Waals surface area contributed by atoms with E-state index in [4.69, 9.17) is 25.5 Å². The lowest BCUT2D eigenvalue weighted by Gasteiger charge is -2.27. The number of para-hydroxylation sites is 1. The molecule has 2 aromatic heterocycles. The molecule has 8 nitrogen and oxygen atoms in total. The molecule has 0 spiro atoms. The van der Waals surface area contributed by atoms with Crippen molar-refractivity contribution in [1.29, 1.82) is 0 Å². The van der Waals surface area contributed by atoms with E-state index in [9.17, 15) is 14.7 Å².